The molecule has 0 saturated heterocycles. The summed E-state index contributed by atoms with van der Waals surface area (Å²) in [4.78, 5) is 0. The van der Waals surface area contributed by atoms with E-state index in [1.807, 2.05) is 54.6 Å². The number of benzene rings is 2. The SMILES string of the molecule is CCCCCC(O)c1cccc(C#Cc2ccccc2)c1. The molecule has 1 atom stereocenters. The van der Waals surface area contributed by atoms with Crippen LogP contribution in [0.3, 0.4) is 0 Å². The van der Waals surface area contributed by atoms with E-state index in [0.29, 0.717) is 0 Å². The minimum atomic E-state index is -0.380. The highest BCUT2D eigenvalue weighted by Crippen LogP contribution is 2.20. The molecule has 0 spiro atoms. The van der Waals surface area contributed by atoms with Crippen LogP contribution >= 0.6 is 0 Å². The van der Waals surface area contributed by atoms with E-state index in [-0.39, 0.29) is 6.10 Å². The van der Waals surface area contributed by atoms with E-state index in [4.69, 9.17) is 0 Å². The van der Waals surface area contributed by atoms with Gasteiger partial charge in [0.15, 0.2) is 0 Å². The quantitative estimate of drug-likeness (QED) is 0.621. The normalized spacial score (nSPS) is 11.5. The summed E-state index contributed by atoms with van der Waals surface area (Å²) in [5, 5.41) is 10.2. The third-order valence-corrected chi connectivity index (χ3v) is 3.48. The topological polar surface area (TPSA) is 20.2 Å². The first-order valence-corrected chi connectivity index (χ1v) is 7.64. The van der Waals surface area contributed by atoms with Gasteiger partial charge in [-0.1, -0.05) is 68.4 Å². The largest absolute Gasteiger partial charge is 0.388 e. The third kappa shape index (κ3) is 5.10. The van der Waals surface area contributed by atoms with E-state index >= 15 is 0 Å². The fourth-order valence-electron chi connectivity index (χ4n) is 2.24. The van der Waals surface area contributed by atoms with Crippen molar-refractivity contribution in [2.24, 2.45) is 0 Å². The first kappa shape index (κ1) is 15.4. The van der Waals surface area contributed by atoms with Gasteiger partial charge >= 0.3 is 0 Å². The zero-order chi connectivity index (χ0) is 14.9. The Labute approximate surface area is 127 Å². The Morgan fingerprint density at radius 3 is 2.38 bits per heavy atom. The lowest BCUT2D eigenvalue weighted by Crippen LogP contribution is -1.97. The van der Waals surface area contributed by atoms with Crippen molar-refractivity contribution in [3.63, 3.8) is 0 Å². The zero-order valence-corrected chi connectivity index (χ0v) is 12.5. The number of hydrogen-bond donors (Lipinski definition) is 1. The van der Waals surface area contributed by atoms with Crippen molar-refractivity contribution >= 4 is 0 Å². The minimum Gasteiger partial charge on any atom is -0.388 e. The van der Waals surface area contributed by atoms with Gasteiger partial charge in [0.2, 0.25) is 0 Å². The molecule has 0 fully saturated rings. The van der Waals surface area contributed by atoms with Crippen molar-refractivity contribution in [1.82, 2.24) is 0 Å². The molecule has 0 saturated carbocycles. The van der Waals surface area contributed by atoms with Crippen LogP contribution in [0, 0.1) is 11.8 Å². The van der Waals surface area contributed by atoms with Gasteiger partial charge in [-0.3, -0.25) is 0 Å². The number of aliphatic hydroxyl groups excluding tert-OH is 1. The van der Waals surface area contributed by atoms with E-state index in [9.17, 15) is 5.11 Å². The molecule has 0 amide bonds. The maximum atomic E-state index is 10.2. The molecular formula is C20H22O. The molecule has 1 unspecified atom stereocenters. The van der Waals surface area contributed by atoms with Crippen LogP contribution in [0.25, 0.3) is 0 Å². The average Bonchev–Trinajstić information content (AvgIpc) is 2.54. The van der Waals surface area contributed by atoms with Gasteiger partial charge in [0.1, 0.15) is 0 Å². The predicted octanol–water partition coefficient (Wildman–Crippen LogP) is 4.70. The lowest BCUT2D eigenvalue weighted by molar-refractivity contribution is 0.163. The van der Waals surface area contributed by atoms with E-state index in [1.165, 1.54) is 12.8 Å². The fraction of sp³-hybridized carbons (Fsp3) is 0.300. The average molecular weight is 278 g/mol. The second-order valence-electron chi connectivity index (χ2n) is 5.25. The molecule has 0 aromatic heterocycles. The second kappa shape index (κ2) is 8.29. The van der Waals surface area contributed by atoms with E-state index in [1.54, 1.807) is 0 Å². The number of hydrogen-bond acceptors (Lipinski definition) is 1. The summed E-state index contributed by atoms with van der Waals surface area (Å²) in [7, 11) is 0. The molecule has 2 aromatic carbocycles. The van der Waals surface area contributed by atoms with Crippen molar-refractivity contribution in [1.29, 1.82) is 0 Å². The molecule has 2 aromatic rings. The first-order valence-electron chi connectivity index (χ1n) is 7.64. The van der Waals surface area contributed by atoms with E-state index < -0.39 is 0 Å². The van der Waals surface area contributed by atoms with Crippen LogP contribution in [0.2, 0.25) is 0 Å². The van der Waals surface area contributed by atoms with Crippen LogP contribution in [0.4, 0.5) is 0 Å². The molecule has 0 radical (unpaired) electrons. The monoisotopic (exact) mass is 278 g/mol. The fourth-order valence-corrected chi connectivity index (χ4v) is 2.24. The summed E-state index contributed by atoms with van der Waals surface area (Å²) in [5.41, 5.74) is 2.92. The summed E-state index contributed by atoms with van der Waals surface area (Å²) < 4.78 is 0. The molecule has 108 valence electrons. The lowest BCUT2D eigenvalue weighted by Gasteiger charge is -2.10. The summed E-state index contributed by atoms with van der Waals surface area (Å²) in [6.45, 7) is 2.17. The maximum Gasteiger partial charge on any atom is 0.0790 e. The smallest absolute Gasteiger partial charge is 0.0790 e. The zero-order valence-electron chi connectivity index (χ0n) is 12.5. The van der Waals surface area contributed by atoms with Gasteiger partial charge in [-0.2, -0.15) is 0 Å². The van der Waals surface area contributed by atoms with Crippen LogP contribution in [-0.4, -0.2) is 5.11 Å². The molecule has 0 aliphatic carbocycles. The third-order valence-electron chi connectivity index (χ3n) is 3.48. The van der Waals surface area contributed by atoms with Crippen LogP contribution in [-0.2, 0) is 0 Å². The molecule has 0 aliphatic rings. The molecule has 1 heteroatoms. The molecule has 1 nitrogen and oxygen atoms in total. The van der Waals surface area contributed by atoms with Gasteiger partial charge in [0, 0.05) is 11.1 Å². The summed E-state index contributed by atoms with van der Waals surface area (Å²) in [6, 6.07) is 17.9. The van der Waals surface area contributed by atoms with Crippen LogP contribution < -0.4 is 0 Å². The highest BCUT2D eigenvalue weighted by Gasteiger charge is 2.06. The summed E-state index contributed by atoms with van der Waals surface area (Å²) in [5.74, 6) is 6.31. The second-order valence-corrected chi connectivity index (χ2v) is 5.25. The van der Waals surface area contributed by atoms with Gasteiger partial charge < -0.3 is 5.11 Å². The molecule has 0 heterocycles. The molecule has 2 rings (SSSR count). The first-order chi connectivity index (χ1) is 10.3. The van der Waals surface area contributed by atoms with Crippen molar-refractivity contribution in [2.45, 2.75) is 38.7 Å². The van der Waals surface area contributed by atoms with Crippen molar-refractivity contribution < 1.29 is 5.11 Å². The van der Waals surface area contributed by atoms with Crippen molar-refractivity contribution in [2.75, 3.05) is 0 Å². The van der Waals surface area contributed by atoms with E-state index in [2.05, 4.69) is 18.8 Å². The predicted molar refractivity (Wildman–Crippen MR) is 88.0 cm³/mol. The highest BCUT2D eigenvalue weighted by atomic mass is 16.3. The standard InChI is InChI=1S/C20H22O/c1-2-3-5-13-20(21)19-12-8-11-18(16-19)15-14-17-9-6-4-7-10-17/h4,6-12,16,20-21H,2-3,5,13H2,1H3. The number of aliphatic hydroxyl groups is 1. The van der Waals surface area contributed by atoms with Gasteiger partial charge in [-0.25, -0.2) is 0 Å². The van der Waals surface area contributed by atoms with Gasteiger partial charge in [0.25, 0.3) is 0 Å². The van der Waals surface area contributed by atoms with Crippen LogP contribution in [0.1, 0.15) is 55.4 Å². The molecular weight excluding hydrogens is 256 g/mol. The highest BCUT2D eigenvalue weighted by molar-refractivity contribution is 5.44. The van der Waals surface area contributed by atoms with E-state index in [0.717, 1.165) is 29.5 Å². The Morgan fingerprint density at radius 1 is 0.905 bits per heavy atom. The molecule has 0 aliphatic heterocycles. The summed E-state index contributed by atoms with van der Waals surface area (Å²) in [6.07, 6.45) is 3.86. The Bertz CT molecular complexity index is 604. The van der Waals surface area contributed by atoms with Gasteiger partial charge in [0.05, 0.1) is 6.10 Å². The van der Waals surface area contributed by atoms with Gasteiger partial charge in [-0.05, 0) is 36.2 Å². The molecule has 0 bridgehead atoms. The minimum absolute atomic E-state index is 0.380. The Balaban J connectivity index is 2.06. The Kier molecular flexibility index (Phi) is 6.06. The molecule has 21 heavy (non-hydrogen) atoms. The van der Waals surface area contributed by atoms with Crippen molar-refractivity contribution in [3.8, 4) is 11.8 Å². The van der Waals surface area contributed by atoms with Crippen LogP contribution in [0.15, 0.2) is 54.6 Å². The summed E-state index contributed by atoms with van der Waals surface area (Å²) >= 11 is 0. The van der Waals surface area contributed by atoms with Crippen molar-refractivity contribution in [3.05, 3.63) is 71.3 Å². The van der Waals surface area contributed by atoms with Gasteiger partial charge in [-0.15, -0.1) is 0 Å². The number of rotatable bonds is 5. The number of unbranched alkanes of at least 4 members (excludes halogenated alkanes) is 2. The van der Waals surface area contributed by atoms with Crippen LogP contribution in [0.5, 0.6) is 0 Å². The Hall–Kier alpha value is -2.04. The Morgan fingerprint density at radius 2 is 1.62 bits per heavy atom. The maximum absolute atomic E-state index is 10.2. The lowest BCUT2D eigenvalue weighted by atomic mass is 10.0. The molecule has 1 N–H and O–H groups in total.